The molecule has 0 spiro atoms. The first-order valence-electron chi connectivity index (χ1n) is 6.82. The van der Waals surface area contributed by atoms with Gasteiger partial charge < -0.3 is 10.1 Å². The summed E-state index contributed by atoms with van der Waals surface area (Å²) in [5.41, 5.74) is 0.804. The SMILES string of the molecule is O=C(NCC=Cc1c(F)ccc(F)c1Cl)OCc1ccccc1. The van der Waals surface area contributed by atoms with Crippen LogP contribution in [-0.4, -0.2) is 12.6 Å². The number of carbonyl (C=O) groups is 1. The normalized spacial score (nSPS) is 10.7. The number of benzene rings is 2. The summed E-state index contributed by atoms with van der Waals surface area (Å²) in [5, 5.41) is 2.17. The van der Waals surface area contributed by atoms with Crippen molar-refractivity contribution in [3.05, 3.63) is 76.3 Å². The van der Waals surface area contributed by atoms with Crippen LogP contribution in [0.3, 0.4) is 0 Å². The number of halogens is 3. The van der Waals surface area contributed by atoms with Gasteiger partial charge in [-0.15, -0.1) is 0 Å². The monoisotopic (exact) mass is 337 g/mol. The van der Waals surface area contributed by atoms with Crippen molar-refractivity contribution in [2.45, 2.75) is 6.61 Å². The molecule has 0 saturated carbocycles. The van der Waals surface area contributed by atoms with E-state index in [0.29, 0.717) is 0 Å². The molecule has 0 unspecified atom stereocenters. The zero-order chi connectivity index (χ0) is 16.7. The summed E-state index contributed by atoms with van der Waals surface area (Å²) in [6, 6.07) is 11.2. The van der Waals surface area contributed by atoms with Crippen LogP contribution < -0.4 is 5.32 Å². The smallest absolute Gasteiger partial charge is 0.407 e. The van der Waals surface area contributed by atoms with Crippen LogP contribution in [0.2, 0.25) is 5.02 Å². The van der Waals surface area contributed by atoms with Crippen LogP contribution in [0.15, 0.2) is 48.5 Å². The predicted octanol–water partition coefficient (Wildman–Crippen LogP) is 4.56. The Labute approximate surface area is 137 Å². The molecule has 0 aliphatic heterocycles. The van der Waals surface area contributed by atoms with Gasteiger partial charge in [0.05, 0.1) is 5.02 Å². The Morgan fingerprint density at radius 2 is 1.83 bits per heavy atom. The number of amides is 1. The van der Waals surface area contributed by atoms with Crippen LogP contribution in [0, 0.1) is 11.6 Å². The second kappa shape index (κ2) is 8.29. The molecule has 0 fully saturated rings. The largest absolute Gasteiger partial charge is 0.445 e. The molecule has 2 aromatic rings. The lowest BCUT2D eigenvalue weighted by Crippen LogP contribution is -2.24. The summed E-state index contributed by atoms with van der Waals surface area (Å²) in [7, 11) is 0. The van der Waals surface area contributed by atoms with Crippen LogP contribution in [0.1, 0.15) is 11.1 Å². The zero-order valence-electron chi connectivity index (χ0n) is 12.1. The Kier molecular flexibility index (Phi) is 6.11. The van der Waals surface area contributed by atoms with Gasteiger partial charge in [-0.3, -0.25) is 0 Å². The van der Waals surface area contributed by atoms with Crippen molar-refractivity contribution in [2.24, 2.45) is 0 Å². The molecule has 6 heteroatoms. The molecule has 1 amide bonds. The second-order valence-corrected chi connectivity index (χ2v) is 4.98. The number of carbonyl (C=O) groups excluding carboxylic acids is 1. The summed E-state index contributed by atoms with van der Waals surface area (Å²) in [6.07, 6.45) is 2.15. The van der Waals surface area contributed by atoms with E-state index in [2.05, 4.69) is 5.32 Å². The van der Waals surface area contributed by atoms with Crippen LogP contribution in [0.25, 0.3) is 6.08 Å². The molecule has 0 radical (unpaired) electrons. The molecule has 0 bridgehead atoms. The molecule has 2 aromatic carbocycles. The molecule has 0 atom stereocenters. The summed E-state index contributed by atoms with van der Waals surface area (Å²) in [4.78, 5) is 11.5. The topological polar surface area (TPSA) is 38.3 Å². The van der Waals surface area contributed by atoms with E-state index < -0.39 is 17.7 Å². The average Bonchev–Trinajstić information content (AvgIpc) is 2.57. The van der Waals surface area contributed by atoms with Gasteiger partial charge in [-0.25, -0.2) is 13.6 Å². The third kappa shape index (κ3) is 5.07. The first-order valence-corrected chi connectivity index (χ1v) is 7.20. The lowest BCUT2D eigenvalue weighted by Gasteiger charge is -2.05. The second-order valence-electron chi connectivity index (χ2n) is 4.60. The van der Waals surface area contributed by atoms with E-state index in [1.165, 1.54) is 12.2 Å². The fourth-order valence-electron chi connectivity index (χ4n) is 1.79. The molecule has 0 aliphatic carbocycles. The fourth-order valence-corrected chi connectivity index (χ4v) is 2.00. The summed E-state index contributed by atoms with van der Waals surface area (Å²) < 4.78 is 31.7. The predicted molar refractivity (Wildman–Crippen MR) is 85.0 cm³/mol. The standard InChI is InChI=1S/C17H14ClF2NO2/c18-16-13(14(19)8-9-15(16)20)7-4-10-21-17(22)23-11-12-5-2-1-3-6-12/h1-9H,10-11H2,(H,21,22). The van der Waals surface area contributed by atoms with Crippen molar-refractivity contribution in [3.8, 4) is 0 Å². The Hall–Kier alpha value is -2.40. The molecule has 0 aliphatic rings. The third-order valence-electron chi connectivity index (χ3n) is 2.94. The van der Waals surface area contributed by atoms with Gasteiger partial charge in [0.2, 0.25) is 0 Å². The van der Waals surface area contributed by atoms with E-state index in [1.807, 2.05) is 30.3 Å². The fraction of sp³-hybridized carbons (Fsp3) is 0.118. The molecule has 0 aromatic heterocycles. The van der Waals surface area contributed by atoms with Gasteiger partial charge in [-0.2, -0.15) is 0 Å². The molecular formula is C17H14ClF2NO2. The van der Waals surface area contributed by atoms with E-state index in [1.54, 1.807) is 0 Å². The highest BCUT2D eigenvalue weighted by Crippen LogP contribution is 2.23. The molecule has 0 saturated heterocycles. The van der Waals surface area contributed by atoms with E-state index in [-0.39, 0.29) is 23.7 Å². The highest BCUT2D eigenvalue weighted by Gasteiger charge is 2.09. The number of hydrogen-bond acceptors (Lipinski definition) is 2. The minimum atomic E-state index is -0.706. The van der Waals surface area contributed by atoms with Crippen LogP contribution in [0.4, 0.5) is 13.6 Å². The minimum Gasteiger partial charge on any atom is -0.445 e. The maximum Gasteiger partial charge on any atom is 0.407 e. The molecule has 120 valence electrons. The minimum absolute atomic E-state index is 0.0638. The number of alkyl carbamates (subject to hydrolysis) is 1. The lowest BCUT2D eigenvalue weighted by molar-refractivity contribution is 0.141. The van der Waals surface area contributed by atoms with Crippen LogP contribution in [0.5, 0.6) is 0 Å². The number of nitrogens with one attached hydrogen (secondary N) is 1. The van der Waals surface area contributed by atoms with Gasteiger partial charge in [0, 0.05) is 12.1 Å². The Morgan fingerprint density at radius 3 is 2.57 bits per heavy atom. The van der Waals surface area contributed by atoms with Crippen LogP contribution in [-0.2, 0) is 11.3 Å². The average molecular weight is 338 g/mol. The summed E-state index contributed by atoms with van der Waals surface area (Å²) in [6.45, 7) is 0.251. The first kappa shape index (κ1) is 17.0. The zero-order valence-corrected chi connectivity index (χ0v) is 12.8. The van der Waals surface area contributed by atoms with Gasteiger partial charge in [0.25, 0.3) is 0 Å². The molecular weight excluding hydrogens is 324 g/mol. The van der Waals surface area contributed by atoms with Crippen molar-refractivity contribution in [1.29, 1.82) is 0 Å². The molecule has 3 nitrogen and oxygen atoms in total. The van der Waals surface area contributed by atoms with Crippen molar-refractivity contribution >= 4 is 23.8 Å². The van der Waals surface area contributed by atoms with Gasteiger partial charge in [-0.05, 0) is 17.7 Å². The third-order valence-corrected chi connectivity index (χ3v) is 3.33. The molecule has 0 heterocycles. The maximum atomic E-state index is 13.5. The van der Waals surface area contributed by atoms with Crippen molar-refractivity contribution < 1.29 is 18.3 Å². The highest BCUT2D eigenvalue weighted by atomic mass is 35.5. The Balaban J connectivity index is 1.80. The maximum absolute atomic E-state index is 13.5. The van der Waals surface area contributed by atoms with Gasteiger partial charge in [0.1, 0.15) is 18.2 Å². The van der Waals surface area contributed by atoms with E-state index in [4.69, 9.17) is 16.3 Å². The van der Waals surface area contributed by atoms with Gasteiger partial charge in [0.15, 0.2) is 0 Å². The Bertz CT molecular complexity index is 705. The number of ether oxygens (including phenoxy) is 1. The molecule has 1 N–H and O–H groups in total. The van der Waals surface area contributed by atoms with E-state index in [9.17, 15) is 13.6 Å². The number of hydrogen-bond donors (Lipinski definition) is 1. The summed E-state index contributed by atoms with van der Waals surface area (Å²) >= 11 is 5.68. The van der Waals surface area contributed by atoms with Gasteiger partial charge >= 0.3 is 6.09 Å². The Morgan fingerprint density at radius 1 is 1.13 bits per heavy atom. The van der Waals surface area contributed by atoms with Crippen molar-refractivity contribution in [3.63, 3.8) is 0 Å². The first-order chi connectivity index (χ1) is 11.1. The quantitative estimate of drug-likeness (QED) is 0.812. The van der Waals surface area contributed by atoms with E-state index >= 15 is 0 Å². The number of rotatable bonds is 5. The summed E-state index contributed by atoms with van der Waals surface area (Å²) in [5.74, 6) is -1.35. The highest BCUT2D eigenvalue weighted by molar-refractivity contribution is 6.32. The van der Waals surface area contributed by atoms with Crippen LogP contribution >= 0.6 is 11.6 Å². The lowest BCUT2D eigenvalue weighted by atomic mass is 10.2. The molecule has 23 heavy (non-hydrogen) atoms. The molecule has 2 rings (SSSR count). The van der Waals surface area contributed by atoms with Gasteiger partial charge in [-0.1, -0.05) is 54.1 Å². The van der Waals surface area contributed by atoms with E-state index in [0.717, 1.165) is 17.7 Å². The van der Waals surface area contributed by atoms with Crippen molar-refractivity contribution in [1.82, 2.24) is 5.32 Å². The van der Waals surface area contributed by atoms with Crippen molar-refractivity contribution in [2.75, 3.05) is 6.54 Å².